The average molecular weight is 112 g/mol. The molecule has 1 heteroatoms. The maximum atomic E-state index is 2.18. The normalized spacial score (nSPS) is 9.67. The van der Waals surface area contributed by atoms with E-state index in [0.29, 0.717) is 0 Å². The molecule has 9 heavy (non-hydrogen) atoms. The fraction of sp³-hybridized carbons (Fsp3) is 0.250. The van der Waals surface area contributed by atoms with Crippen LogP contribution >= 0.6 is 0 Å². The summed E-state index contributed by atoms with van der Waals surface area (Å²) in [4.78, 5) is 0. The molecule has 0 heterocycles. The summed E-state index contributed by atoms with van der Waals surface area (Å²) in [5.41, 5.74) is 1.46. The standard InChI is InChI=1S/C8H9.Li/c1-2-8-6-4-3-5-7-8;/h3-6H,2H2,1H3;. The maximum absolute atomic E-state index is 2.18. The Morgan fingerprint density at radius 3 is 2.44 bits per heavy atom. The molecule has 42 valence electrons. The van der Waals surface area contributed by atoms with Crippen molar-refractivity contribution in [3.05, 3.63) is 29.8 Å². The SMILES string of the molecule is [Li][c]1ccccc1CC. The first-order valence-electron chi connectivity index (χ1n) is 3.39. The first-order valence-corrected chi connectivity index (χ1v) is 3.39. The third-order valence-corrected chi connectivity index (χ3v) is 1.64. The Morgan fingerprint density at radius 1 is 1.33 bits per heavy atom. The monoisotopic (exact) mass is 112 g/mol. The van der Waals surface area contributed by atoms with Gasteiger partial charge in [-0.2, -0.15) is 0 Å². The first kappa shape index (κ1) is 6.93. The molecule has 0 aliphatic heterocycles. The van der Waals surface area contributed by atoms with Gasteiger partial charge in [0.15, 0.2) is 0 Å². The summed E-state index contributed by atoms with van der Waals surface area (Å²) in [6.45, 7) is 2.18. The summed E-state index contributed by atoms with van der Waals surface area (Å²) in [5, 5.41) is 0. The van der Waals surface area contributed by atoms with Gasteiger partial charge in [-0.1, -0.05) is 0 Å². The number of rotatable bonds is 1. The van der Waals surface area contributed by atoms with Crippen LogP contribution in [0.2, 0.25) is 0 Å². The molecule has 0 aromatic heterocycles. The Balaban J connectivity index is 3.01. The van der Waals surface area contributed by atoms with Gasteiger partial charge in [-0.25, -0.2) is 0 Å². The third-order valence-electron chi connectivity index (χ3n) is 1.64. The van der Waals surface area contributed by atoms with Crippen LogP contribution in [-0.4, -0.2) is 17.7 Å². The Morgan fingerprint density at radius 2 is 2.00 bits per heavy atom. The van der Waals surface area contributed by atoms with Crippen molar-refractivity contribution in [2.45, 2.75) is 13.3 Å². The van der Waals surface area contributed by atoms with Crippen molar-refractivity contribution in [2.75, 3.05) is 0 Å². The van der Waals surface area contributed by atoms with Crippen molar-refractivity contribution in [3.63, 3.8) is 0 Å². The van der Waals surface area contributed by atoms with E-state index in [1.54, 1.807) is 0 Å². The molecule has 1 rings (SSSR count). The molecule has 0 saturated heterocycles. The Hall–Kier alpha value is -0.183. The summed E-state index contributed by atoms with van der Waals surface area (Å²) < 4.78 is 1.40. The zero-order valence-electron chi connectivity index (χ0n) is 6.02. The van der Waals surface area contributed by atoms with Gasteiger partial charge in [-0.05, 0) is 0 Å². The zero-order chi connectivity index (χ0) is 6.69. The van der Waals surface area contributed by atoms with Crippen LogP contribution in [0.25, 0.3) is 0 Å². The van der Waals surface area contributed by atoms with E-state index >= 15 is 0 Å². The molecule has 0 amide bonds. The Labute approximate surface area is 65.5 Å². The molecule has 0 saturated carbocycles. The van der Waals surface area contributed by atoms with Gasteiger partial charge in [0.2, 0.25) is 0 Å². The minimum atomic E-state index is 1.15. The number of aryl methyl sites for hydroxylation is 1. The molecule has 0 radical (unpaired) electrons. The van der Waals surface area contributed by atoms with Crippen LogP contribution in [0.5, 0.6) is 0 Å². The molecule has 0 atom stereocenters. The van der Waals surface area contributed by atoms with E-state index in [0.717, 1.165) is 6.42 Å². The number of benzene rings is 1. The van der Waals surface area contributed by atoms with Gasteiger partial charge in [0.05, 0.1) is 0 Å². The molecule has 1 aromatic carbocycles. The third kappa shape index (κ3) is 1.61. The molecular weight excluding hydrogens is 103 g/mol. The van der Waals surface area contributed by atoms with E-state index in [2.05, 4.69) is 48.9 Å². The van der Waals surface area contributed by atoms with Crippen LogP contribution in [0.1, 0.15) is 12.5 Å². The summed E-state index contributed by atoms with van der Waals surface area (Å²) in [6, 6.07) is 8.49. The average Bonchev–Trinajstić information content (AvgIpc) is 1.89. The van der Waals surface area contributed by atoms with Crippen LogP contribution in [0.4, 0.5) is 0 Å². The summed E-state index contributed by atoms with van der Waals surface area (Å²) >= 11 is 2.15. The molecule has 0 spiro atoms. The van der Waals surface area contributed by atoms with Crippen molar-refractivity contribution in [1.82, 2.24) is 0 Å². The van der Waals surface area contributed by atoms with Crippen LogP contribution in [0, 0.1) is 0 Å². The van der Waals surface area contributed by atoms with E-state index in [-0.39, 0.29) is 0 Å². The summed E-state index contributed by atoms with van der Waals surface area (Å²) in [7, 11) is 0. The fourth-order valence-corrected chi connectivity index (χ4v) is 1.01. The van der Waals surface area contributed by atoms with Crippen LogP contribution < -0.4 is 4.24 Å². The van der Waals surface area contributed by atoms with E-state index in [9.17, 15) is 0 Å². The summed E-state index contributed by atoms with van der Waals surface area (Å²) in [6.07, 6.45) is 1.15. The Kier molecular flexibility index (Phi) is 2.39. The van der Waals surface area contributed by atoms with Gasteiger partial charge >= 0.3 is 65.1 Å². The van der Waals surface area contributed by atoms with E-state index in [1.807, 2.05) is 0 Å². The predicted molar refractivity (Wildman–Crippen MR) is 41.2 cm³/mol. The summed E-state index contributed by atoms with van der Waals surface area (Å²) in [5.74, 6) is 0. The molecule has 1 aromatic rings. The second-order valence-corrected chi connectivity index (χ2v) is 2.28. The van der Waals surface area contributed by atoms with Gasteiger partial charge in [0, 0.05) is 0 Å². The van der Waals surface area contributed by atoms with Gasteiger partial charge < -0.3 is 0 Å². The minimum absolute atomic E-state index is 1.15. The van der Waals surface area contributed by atoms with Crippen molar-refractivity contribution in [1.29, 1.82) is 0 Å². The molecule has 0 nitrogen and oxygen atoms in total. The van der Waals surface area contributed by atoms with E-state index < -0.39 is 0 Å². The molecule has 0 fully saturated rings. The van der Waals surface area contributed by atoms with Crippen LogP contribution in [0.15, 0.2) is 24.3 Å². The molecule has 0 bridgehead atoms. The first-order chi connectivity index (χ1) is 4.34. The quantitative estimate of drug-likeness (QED) is 0.476. The van der Waals surface area contributed by atoms with E-state index in [4.69, 9.17) is 0 Å². The molecule has 0 unspecified atom stereocenters. The van der Waals surface area contributed by atoms with Crippen LogP contribution in [0.3, 0.4) is 0 Å². The van der Waals surface area contributed by atoms with Gasteiger partial charge in [-0.3, -0.25) is 0 Å². The second kappa shape index (κ2) is 3.10. The molecule has 0 aliphatic carbocycles. The molecular formula is C8H9Li. The second-order valence-electron chi connectivity index (χ2n) is 2.28. The number of hydrogen-bond acceptors (Lipinski definition) is 0. The fourth-order valence-electron chi connectivity index (χ4n) is 1.01. The molecule has 0 aliphatic rings. The van der Waals surface area contributed by atoms with Crippen molar-refractivity contribution < 1.29 is 0 Å². The predicted octanol–water partition coefficient (Wildman–Crippen LogP) is 1.04. The zero-order valence-corrected chi connectivity index (χ0v) is 6.02. The topological polar surface area (TPSA) is 0 Å². The van der Waals surface area contributed by atoms with E-state index in [1.165, 1.54) is 9.80 Å². The van der Waals surface area contributed by atoms with Crippen LogP contribution in [-0.2, 0) is 6.42 Å². The van der Waals surface area contributed by atoms with Gasteiger partial charge in [0.25, 0.3) is 0 Å². The van der Waals surface area contributed by atoms with Gasteiger partial charge in [-0.15, -0.1) is 0 Å². The van der Waals surface area contributed by atoms with Crippen molar-refractivity contribution >= 4 is 22.0 Å². The van der Waals surface area contributed by atoms with Crippen molar-refractivity contribution in [2.24, 2.45) is 0 Å². The number of hydrogen-bond donors (Lipinski definition) is 0. The molecule has 0 N–H and O–H groups in total. The van der Waals surface area contributed by atoms with Gasteiger partial charge in [0.1, 0.15) is 0 Å². The Bertz CT molecular complexity index is 194. The van der Waals surface area contributed by atoms with Crippen molar-refractivity contribution in [3.8, 4) is 0 Å².